The SMILES string of the molecule is C=C(C)CN(C)C(=O)c1csc(C(=O)O)n1. The van der Waals surface area contributed by atoms with Gasteiger partial charge in [0.05, 0.1) is 0 Å². The maximum Gasteiger partial charge on any atom is 0.365 e. The van der Waals surface area contributed by atoms with E-state index in [0.29, 0.717) is 6.54 Å². The van der Waals surface area contributed by atoms with Gasteiger partial charge in [-0.15, -0.1) is 11.3 Å². The third-order valence-electron chi connectivity index (χ3n) is 1.76. The first-order valence-electron chi connectivity index (χ1n) is 4.50. The van der Waals surface area contributed by atoms with E-state index < -0.39 is 5.97 Å². The minimum Gasteiger partial charge on any atom is -0.476 e. The van der Waals surface area contributed by atoms with Crippen LogP contribution in [0.1, 0.15) is 27.2 Å². The molecule has 0 aliphatic carbocycles. The first-order valence-corrected chi connectivity index (χ1v) is 5.38. The molecule has 0 aromatic carbocycles. The van der Waals surface area contributed by atoms with Gasteiger partial charge in [-0.2, -0.15) is 0 Å². The molecule has 0 bridgehead atoms. The predicted octanol–water partition coefficient (Wildman–Crippen LogP) is 1.49. The Kier molecular flexibility index (Phi) is 3.78. The summed E-state index contributed by atoms with van der Waals surface area (Å²) in [6.07, 6.45) is 0. The number of carbonyl (C=O) groups is 2. The molecule has 16 heavy (non-hydrogen) atoms. The summed E-state index contributed by atoms with van der Waals surface area (Å²) >= 11 is 0.942. The molecule has 5 nitrogen and oxygen atoms in total. The first kappa shape index (κ1) is 12.4. The fourth-order valence-electron chi connectivity index (χ4n) is 1.14. The number of hydrogen-bond donors (Lipinski definition) is 1. The van der Waals surface area contributed by atoms with Crippen molar-refractivity contribution in [2.75, 3.05) is 13.6 Å². The van der Waals surface area contributed by atoms with Crippen molar-refractivity contribution < 1.29 is 14.7 Å². The fourth-order valence-corrected chi connectivity index (χ4v) is 1.77. The topological polar surface area (TPSA) is 70.5 Å². The number of carboxylic acids is 1. The molecular weight excluding hydrogens is 228 g/mol. The number of amides is 1. The number of aromatic carboxylic acids is 1. The van der Waals surface area contributed by atoms with Gasteiger partial charge in [-0.3, -0.25) is 4.79 Å². The molecule has 0 aliphatic heterocycles. The van der Waals surface area contributed by atoms with E-state index >= 15 is 0 Å². The largest absolute Gasteiger partial charge is 0.476 e. The Morgan fingerprint density at radius 2 is 2.25 bits per heavy atom. The Bertz CT molecular complexity index is 439. The molecule has 1 aromatic heterocycles. The van der Waals surface area contributed by atoms with Gasteiger partial charge in [0.1, 0.15) is 5.69 Å². The first-order chi connectivity index (χ1) is 7.41. The lowest BCUT2D eigenvalue weighted by atomic mass is 10.3. The van der Waals surface area contributed by atoms with Crippen LogP contribution in [0.5, 0.6) is 0 Å². The van der Waals surface area contributed by atoms with Crippen molar-refractivity contribution in [1.29, 1.82) is 0 Å². The molecule has 0 saturated carbocycles. The number of carboxylic acid groups (broad SMARTS) is 1. The van der Waals surface area contributed by atoms with Crippen molar-refractivity contribution in [3.05, 3.63) is 28.2 Å². The molecule has 6 heteroatoms. The molecule has 1 rings (SSSR count). The van der Waals surface area contributed by atoms with Crippen LogP contribution in [0, 0.1) is 0 Å². The molecule has 0 saturated heterocycles. The molecule has 0 aliphatic rings. The van der Waals surface area contributed by atoms with Crippen LogP contribution in [0.2, 0.25) is 0 Å². The maximum absolute atomic E-state index is 11.8. The Morgan fingerprint density at radius 1 is 1.62 bits per heavy atom. The molecular formula is C10H12N2O3S. The lowest BCUT2D eigenvalue weighted by Crippen LogP contribution is -2.28. The molecule has 0 unspecified atom stereocenters. The van der Waals surface area contributed by atoms with E-state index in [9.17, 15) is 9.59 Å². The van der Waals surface area contributed by atoms with Crippen LogP contribution in [0.4, 0.5) is 0 Å². The zero-order chi connectivity index (χ0) is 12.3. The number of carbonyl (C=O) groups excluding carboxylic acids is 1. The standard InChI is InChI=1S/C10H12N2O3S/c1-6(2)4-12(3)9(13)7-5-16-8(11-7)10(14)15/h5H,1,4H2,2-3H3,(H,14,15). The van der Waals surface area contributed by atoms with Gasteiger partial charge in [0.25, 0.3) is 5.91 Å². The van der Waals surface area contributed by atoms with E-state index in [4.69, 9.17) is 5.11 Å². The number of nitrogens with zero attached hydrogens (tertiary/aromatic N) is 2. The van der Waals surface area contributed by atoms with Crippen molar-refractivity contribution in [2.45, 2.75) is 6.92 Å². The zero-order valence-corrected chi connectivity index (χ0v) is 9.87. The monoisotopic (exact) mass is 240 g/mol. The number of rotatable bonds is 4. The highest BCUT2D eigenvalue weighted by Crippen LogP contribution is 2.11. The molecule has 0 radical (unpaired) electrons. The van der Waals surface area contributed by atoms with Gasteiger partial charge in [-0.25, -0.2) is 9.78 Å². The predicted molar refractivity (Wildman–Crippen MR) is 60.8 cm³/mol. The average Bonchev–Trinajstić information content (AvgIpc) is 2.64. The summed E-state index contributed by atoms with van der Waals surface area (Å²) in [5.41, 5.74) is 1.01. The van der Waals surface area contributed by atoms with E-state index in [1.165, 1.54) is 10.3 Å². The van der Waals surface area contributed by atoms with Crippen LogP contribution in [0.25, 0.3) is 0 Å². The van der Waals surface area contributed by atoms with E-state index in [0.717, 1.165) is 16.9 Å². The molecule has 1 amide bonds. The molecule has 0 spiro atoms. The summed E-state index contributed by atoms with van der Waals surface area (Å²) in [4.78, 5) is 27.5. The average molecular weight is 240 g/mol. The van der Waals surface area contributed by atoms with Crippen molar-refractivity contribution in [3.8, 4) is 0 Å². The van der Waals surface area contributed by atoms with E-state index in [2.05, 4.69) is 11.6 Å². The Hall–Kier alpha value is -1.69. The quantitative estimate of drug-likeness (QED) is 0.809. The van der Waals surface area contributed by atoms with Gasteiger partial charge in [-0.05, 0) is 6.92 Å². The Morgan fingerprint density at radius 3 is 2.69 bits per heavy atom. The van der Waals surface area contributed by atoms with Crippen LogP contribution in [0.15, 0.2) is 17.5 Å². The molecule has 86 valence electrons. The van der Waals surface area contributed by atoms with Crippen LogP contribution >= 0.6 is 11.3 Å². The minimum atomic E-state index is -1.12. The molecule has 1 N–H and O–H groups in total. The highest BCUT2D eigenvalue weighted by Gasteiger charge is 2.17. The Labute approximate surface area is 97.0 Å². The van der Waals surface area contributed by atoms with Gasteiger partial charge in [0.15, 0.2) is 0 Å². The summed E-state index contributed by atoms with van der Waals surface area (Å²) < 4.78 is 0. The highest BCUT2D eigenvalue weighted by molar-refractivity contribution is 7.11. The lowest BCUT2D eigenvalue weighted by molar-refractivity contribution is 0.0696. The van der Waals surface area contributed by atoms with E-state index in [1.807, 2.05) is 6.92 Å². The molecule has 0 fully saturated rings. The van der Waals surface area contributed by atoms with Gasteiger partial charge >= 0.3 is 5.97 Å². The second-order valence-electron chi connectivity index (χ2n) is 3.46. The summed E-state index contributed by atoms with van der Waals surface area (Å²) in [5, 5.41) is 10.0. The Balaban J connectivity index is 2.80. The molecule has 0 atom stereocenters. The highest BCUT2D eigenvalue weighted by atomic mass is 32.1. The third-order valence-corrected chi connectivity index (χ3v) is 2.59. The van der Waals surface area contributed by atoms with E-state index in [-0.39, 0.29) is 16.6 Å². The lowest BCUT2D eigenvalue weighted by Gasteiger charge is -2.15. The smallest absolute Gasteiger partial charge is 0.365 e. The van der Waals surface area contributed by atoms with Crippen molar-refractivity contribution in [1.82, 2.24) is 9.88 Å². The summed E-state index contributed by atoms with van der Waals surface area (Å²) in [6, 6.07) is 0. The van der Waals surface area contributed by atoms with Gasteiger partial charge in [0.2, 0.25) is 5.01 Å². The van der Waals surface area contributed by atoms with E-state index in [1.54, 1.807) is 7.05 Å². The second-order valence-corrected chi connectivity index (χ2v) is 4.32. The minimum absolute atomic E-state index is 0.0768. The van der Waals surface area contributed by atoms with Crippen LogP contribution in [0.3, 0.4) is 0 Å². The number of thiazole rings is 1. The number of likely N-dealkylation sites (N-methyl/N-ethyl adjacent to an activating group) is 1. The third kappa shape index (κ3) is 2.90. The fraction of sp³-hybridized carbons (Fsp3) is 0.300. The second kappa shape index (κ2) is 4.89. The van der Waals surface area contributed by atoms with Crippen LogP contribution in [-0.2, 0) is 0 Å². The number of hydrogen-bond acceptors (Lipinski definition) is 4. The van der Waals surface area contributed by atoms with Crippen molar-refractivity contribution in [2.24, 2.45) is 0 Å². The molecule has 1 aromatic rings. The van der Waals surface area contributed by atoms with Gasteiger partial charge in [0, 0.05) is 19.0 Å². The summed E-state index contributed by atoms with van der Waals surface area (Å²) in [5.74, 6) is -1.42. The van der Waals surface area contributed by atoms with Crippen molar-refractivity contribution in [3.63, 3.8) is 0 Å². The van der Waals surface area contributed by atoms with Gasteiger partial charge in [-0.1, -0.05) is 12.2 Å². The van der Waals surface area contributed by atoms with Crippen LogP contribution in [-0.4, -0.2) is 40.5 Å². The summed E-state index contributed by atoms with van der Waals surface area (Å²) in [7, 11) is 1.62. The molecule has 1 heterocycles. The van der Waals surface area contributed by atoms with Crippen LogP contribution < -0.4 is 0 Å². The number of aromatic nitrogens is 1. The van der Waals surface area contributed by atoms with Gasteiger partial charge < -0.3 is 10.0 Å². The van der Waals surface area contributed by atoms with Crippen molar-refractivity contribution >= 4 is 23.2 Å². The zero-order valence-electron chi connectivity index (χ0n) is 9.06. The maximum atomic E-state index is 11.8. The normalized spacial score (nSPS) is 9.88. The summed E-state index contributed by atoms with van der Waals surface area (Å²) in [6.45, 7) is 5.94.